The number of carbonyl (C=O) groups excluding carboxylic acids is 4. The molecule has 12 nitrogen and oxygen atoms in total. The number of aliphatic carboxylic acids is 1. The lowest BCUT2D eigenvalue weighted by atomic mass is 9.85. The molecular weight excluding hydrogens is 354 g/mol. The number of nitrogens with zero attached hydrogens (tertiary/aromatic N) is 3. The molecule has 0 radical (unpaired) electrons. The van der Waals surface area contributed by atoms with E-state index in [1.54, 1.807) is 0 Å². The first-order chi connectivity index (χ1) is 12.1. The van der Waals surface area contributed by atoms with Crippen molar-refractivity contribution in [2.75, 3.05) is 6.61 Å². The van der Waals surface area contributed by atoms with Crippen molar-refractivity contribution in [2.24, 2.45) is 11.0 Å². The van der Waals surface area contributed by atoms with Gasteiger partial charge < -0.3 is 28.8 Å². The van der Waals surface area contributed by atoms with Crippen molar-refractivity contribution in [2.45, 2.75) is 51.7 Å². The Balaban J connectivity index is 3.28. The predicted molar refractivity (Wildman–Crippen MR) is 78.7 cm³/mol. The molecule has 0 saturated carbocycles. The van der Waals surface area contributed by atoms with Gasteiger partial charge in [0.1, 0.15) is 12.7 Å². The van der Waals surface area contributed by atoms with E-state index in [4.69, 9.17) is 24.5 Å². The van der Waals surface area contributed by atoms with E-state index in [9.17, 15) is 24.3 Å². The van der Waals surface area contributed by atoms with Gasteiger partial charge in [-0.25, -0.2) is 0 Å². The minimum absolute atomic E-state index is 0.394. The minimum atomic E-state index is -1.49. The highest BCUT2D eigenvalue weighted by molar-refractivity contribution is 5.68. The molecule has 1 saturated heterocycles. The second kappa shape index (κ2) is 9.59. The molecule has 1 rings (SSSR count). The van der Waals surface area contributed by atoms with E-state index in [0.29, 0.717) is 0 Å². The molecule has 0 unspecified atom stereocenters. The van der Waals surface area contributed by atoms with Gasteiger partial charge in [-0.15, -0.1) is 0 Å². The highest BCUT2D eigenvalue weighted by Gasteiger charge is 2.49. The Bertz CT molecular complexity index is 617. The fourth-order valence-electron chi connectivity index (χ4n) is 2.58. The lowest BCUT2D eigenvalue weighted by Crippen LogP contribution is -2.58. The second-order valence-electron chi connectivity index (χ2n) is 5.46. The summed E-state index contributed by atoms with van der Waals surface area (Å²) in [7, 11) is 0. The number of carbonyl (C=O) groups is 4. The van der Waals surface area contributed by atoms with Crippen LogP contribution in [0.15, 0.2) is 5.11 Å². The van der Waals surface area contributed by atoms with Crippen molar-refractivity contribution < 1.29 is 43.2 Å². The summed E-state index contributed by atoms with van der Waals surface area (Å²) >= 11 is 0. The van der Waals surface area contributed by atoms with Crippen LogP contribution >= 0.6 is 0 Å². The smallest absolute Gasteiger partial charge is 0.303 e. The van der Waals surface area contributed by atoms with Crippen LogP contribution in [0.5, 0.6) is 0 Å². The van der Waals surface area contributed by atoms with Gasteiger partial charge in [-0.2, -0.15) is 0 Å². The molecule has 1 aliphatic heterocycles. The Morgan fingerprint density at radius 3 is 2.12 bits per heavy atom. The summed E-state index contributed by atoms with van der Waals surface area (Å²) in [5.74, 6) is -4.82. The average molecular weight is 372 g/mol. The maximum atomic E-state index is 11.5. The van der Waals surface area contributed by atoms with E-state index >= 15 is 0 Å². The molecule has 0 bridgehead atoms. The molecule has 0 spiro atoms. The molecule has 26 heavy (non-hydrogen) atoms. The third-order valence-corrected chi connectivity index (χ3v) is 3.44. The van der Waals surface area contributed by atoms with Crippen molar-refractivity contribution >= 4 is 23.9 Å². The van der Waals surface area contributed by atoms with Gasteiger partial charge in [0.15, 0.2) is 12.3 Å². The molecule has 0 aliphatic carbocycles. The third kappa shape index (κ3) is 6.22. The quantitative estimate of drug-likeness (QED) is 0.182. The van der Waals surface area contributed by atoms with Crippen molar-refractivity contribution in [3.8, 4) is 0 Å². The molecule has 0 N–H and O–H groups in total. The SMILES string of the molecule is CC(=O)OC[C@@H]1O[C@H](N=[N+]=[N-])[C@@H](OC(C)=O)[C@@H](OC(C)=O)[C@@H]1CC(=O)[O-]. The van der Waals surface area contributed by atoms with Crippen LogP contribution in [0.2, 0.25) is 0 Å². The first-order valence-electron chi connectivity index (χ1n) is 7.53. The first kappa shape index (κ1) is 21.2. The fourth-order valence-corrected chi connectivity index (χ4v) is 2.58. The number of azide groups is 1. The normalized spacial score (nSPS) is 27.6. The number of ether oxygens (including phenoxy) is 4. The number of carboxylic acids is 1. The number of esters is 3. The molecule has 0 aromatic heterocycles. The summed E-state index contributed by atoms with van der Waals surface area (Å²) < 4.78 is 20.4. The molecular formula is C14H18N3O9-. The largest absolute Gasteiger partial charge is 0.550 e. The van der Waals surface area contributed by atoms with Crippen LogP contribution in [0, 0.1) is 5.92 Å². The summed E-state index contributed by atoms with van der Waals surface area (Å²) in [4.78, 5) is 47.6. The van der Waals surface area contributed by atoms with Crippen LogP contribution < -0.4 is 5.11 Å². The predicted octanol–water partition coefficient (Wildman–Crippen LogP) is -0.796. The van der Waals surface area contributed by atoms with E-state index in [2.05, 4.69) is 10.0 Å². The van der Waals surface area contributed by atoms with Crippen molar-refractivity contribution in [3.05, 3.63) is 10.4 Å². The lowest BCUT2D eigenvalue weighted by Gasteiger charge is -2.44. The molecule has 1 heterocycles. The van der Waals surface area contributed by atoms with Gasteiger partial charge >= 0.3 is 17.9 Å². The maximum Gasteiger partial charge on any atom is 0.303 e. The van der Waals surface area contributed by atoms with Crippen molar-refractivity contribution in [3.63, 3.8) is 0 Å². The zero-order valence-corrected chi connectivity index (χ0v) is 14.3. The van der Waals surface area contributed by atoms with Crippen LogP contribution in [0.4, 0.5) is 0 Å². The van der Waals surface area contributed by atoms with Gasteiger partial charge in [0, 0.05) is 37.6 Å². The Labute approximate surface area is 148 Å². The summed E-state index contributed by atoms with van der Waals surface area (Å²) in [6.07, 6.45) is -5.88. The third-order valence-electron chi connectivity index (χ3n) is 3.44. The molecule has 144 valence electrons. The Kier molecular flexibility index (Phi) is 7.81. The van der Waals surface area contributed by atoms with Crippen molar-refractivity contribution in [1.29, 1.82) is 0 Å². The number of carboxylic acid groups (broad SMARTS) is 1. The summed E-state index contributed by atoms with van der Waals surface area (Å²) in [5, 5.41) is 14.5. The monoisotopic (exact) mass is 372 g/mol. The molecule has 0 aromatic carbocycles. The van der Waals surface area contributed by atoms with Crippen molar-refractivity contribution in [1.82, 2.24) is 0 Å². The van der Waals surface area contributed by atoms with E-state index < -0.39 is 67.4 Å². The zero-order chi connectivity index (χ0) is 19.9. The Hall–Kier alpha value is -2.85. The van der Waals surface area contributed by atoms with Gasteiger partial charge in [0.2, 0.25) is 0 Å². The fraction of sp³-hybridized carbons (Fsp3) is 0.714. The molecule has 12 heteroatoms. The minimum Gasteiger partial charge on any atom is -0.550 e. The molecule has 5 atom stereocenters. The molecule has 1 fully saturated rings. The van der Waals surface area contributed by atoms with E-state index in [-0.39, 0.29) is 0 Å². The van der Waals surface area contributed by atoms with Gasteiger partial charge in [-0.3, -0.25) is 14.4 Å². The van der Waals surface area contributed by atoms with Crippen LogP contribution in [-0.2, 0) is 38.1 Å². The number of hydrogen-bond acceptors (Lipinski definition) is 10. The second-order valence-corrected chi connectivity index (χ2v) is 5.46. The highest BCUT2D eigenvalue weighted by Crippen LogP contribution is 2.33. The Morgan fingerprint density at radius 2 is 1.65 bits per heavy atom. The van der Waals surface area contributed by atoms with E-state index in [1.165, 1.54) is 0 Å². The Morgan fingerprint density at radius 1 is 1.08 bits per heavy atom. The average Bonchev–Trinajstić information content (AvgIpc) is 2.50. The number of hydrogen-bond donors (Lipinski definition) is 0. The van der Waals surface area contributed by atoms with Crippen LogP contribution in [0.25, 0.3) is 10.4 Å². The van der Waals surface area contributed by atoms with Crippen LogP contribution in [0.3, 0.4) is 0 Å². The van der Waals surface area contributed by atoms with E-state index in [1.807, 2.05) is 0 Å². The molecule has 0 amide bonds. The lowest BCUT2D eigenvalue weighted by molar-refractivity contribution is -0.311. The topological polar surface area (TPSA) is 177 Å². The van der Waals surface area contributed by atoms with E-state index in [0.717, 1.165) is 20.8 Å². The summed E-state index contributed by atoms with van der Waals surface area (Å²) in [6, 6.07) is 0. The van der Waals surface area contributed by atoms with Gasteiger partial charge in [0.05, 0.1) is 6.10 Å². The zero-order valence-electron chi connectivity index (χ0n) is 14.3. The van der Waals surface area contributed by atoms with Crippen LogP contribution in [-0.4, -0.2) is 55.0 Å². The highest BCUT2D eigenvalue weighted by atomic mass is 16.6. The first-order valence-corrected chi connectivity index (χ1v) is 7.53. The van der Waals surface area contributed by atoms with Gasteiger partial charge in [-0.1, -0.05) is 5.11 Å². The van der Waals surface area contributed by atoms with Crippen LogP contribution in [0.1, 0.15) is 27.2 Å². The maximum absolute atomic E-state index is 11.5. The van der Waals surface area contributed by atoms with Gasteiger partial charge in [-0.05, 0) is 12.0 Å². The number of rotatable bonds is 7. The molecule has 1 aliphatic rings. The van der Waals surface area contributed by atoms with Gasteiger partial charge in [0.25, 0.3) is 0 Å². The standard InChI is InChI=1S/C14H19N3O9/c1-6(18)23-5-10-9(4-11(21)22)12(24-7(2)19)13(25-8(3)20)14(26-10)16-17-15/h9-10,12-14H,4-5H2,1-3H3,(H,21,22)/p-1/t9-,10+,12+,13+,14+/m1/s1. The summed E-state index contributed by atoms with van der Waals surface area (Å²) in [5.41, 5.74) is 8.69. The molecule has 0 aromatic rings. The summed E-state index contributed by atoms with van der Waals surface area (Å²) in [6.45, 7) is 2.87.